The number of hydrogen-bond acceptors (Lipinski definition) is 5. The Kier molecular flexibility index (Phi) is 5.89. The molecule has 0 radical (unpaired) electrons. The van der Waals surface area contributed by atoms with E-state index < -0.39 is 0 Å². The van der Waals surface area contributed by atoms with Gasteiger partial charge < -0.3 is 15.4 Å². The minimum Gasteiger partial charge on any atom is -0.491 e. The topological polar surface area (TPSA) is 76.1 Å². The molecule has 28 heavy (non-hydrogen) atoms. The van der Waals surface area contributed by atoms with Gasteiger partial charge in [0.2, 0.25) is 5.95 Å². The van der Waals surface area contributed by atoms with Crippen LogP contribution in [0, 0.1) is 13.8 Å². The predicted molar refractivity (Wildman–Crippen MR) is 111 cm³/mol. The van der Waals surface area contributed by atoms with Gasteiger partial charge in [-0.3, -0.25) is 4.79 Å². The van der Waals surface area contributed by atoms with Crippen LogP contribution in [-0.2, 0) is 0 Å². The lowest BCUT2D eigenvalue weighted by Gasteiger charge is -2.11. The summed E-state index contributed by atoms with van der Waals surface area (Å²) in [5.74, 6) is 0.885. The van der Waals surface area contributed by atoms with E-state index in [2.05, 4.69) is 20.6 Å². The highest BCUT2D eigenvalue weighted by molar-refractivity contribution is 6.03. The molecule has 0 fully saturated rings. The molecular formula is C22H24N4O2. The van der Waals surface area contributed by atoms with Crippen molar-refractivity contribution >= 4 is 23.2 Å². The second-order valence-electron chi connectivity index (χ2n) is 6.86. The molecular weight excluding hydrogens is 352 g/mol. The highest BCUT2D eigenvalue weighted by atomic mass is 16.5. The number of aryl methyl sites for hydroxylation is 2. The van der Waals surface area contributed by atoms with Crippen molar-refractivity contribution in [3.8, 4) is 5.75 Å². The van der Waals surface area contributed by atoms with Gasteiger partial charge in [-0.05, 0) is 75.7 Å². The molecule has 0 saturated carbocycles. The molecule has 0 aliphatic heterocycles. The number of nitrogens with zero attached hydrogens (tertiary/aromatic N) is 2. The molecule has 2 N–H and O–H groups in total. The molecule has 1 amide bonds. The summed E-state index contributed by atoms with van der Waals surface area (Å²) in [6.07, 6.45) is 0.119. The molecule has 6 nitrogen and oxygen atoms in total. The molecule has 0 aliphatic rings. The molecule has 0 atom stereocenters. The summed E-state index contributed by atoms with van der Waals surface area (Å²) in [6, 6.07) is 16.8. The number of nitrogens with one attached hydrogen (secondary N) is 2. The van der Waals surface area contributed by atoms with Crippen molar-refractivity contribution in [2.45, 2.75) is 33.8 Å². The number of carbonyl (C=O) groups is 1. The molecule has 6 heteroatoms. The molecule has 0 bridgehead atoms. The van der Waals surface area contributed by atoms with Crippen LogP contribution in [-0.4, -0.2) is 22.0 Å². The summed E-state index contributed by atoms with van der Waals surface area (Å²) in [5, 5.41) is 6.01. The highest BCUT2D eigenvalue weighted by Crippen LogP contribution is 2.20. The lowest BCUT2D eigenvalue weighted by atomic mass is 10.2. The van der Waals surface area contributed by atoms with E-state index in [1.165, 1.54) is 0 Å². The van der Waals surface area contributed by atoms with E-state index >= 15 is 0 Å². The Hall–Kier alpha value is -3.41. The number of rotatable bonds is 6. The number of hydrogen-bond donors (Lipinski definition) is 2. The summed E-state index contributed by atoms with van der Waals surface area (Å²) < 4.78 is 5.64. The maximum atomic E-state index is 12.6. The Bertz CT molecular complexity index is 969. The first-order valence-electron chi connectivity index (χ1n) is 9.16. The molecule has 1 aromatic heterocycles. The van der Waals surface area contributed by atoms with Gasteiger partial charge in [-0.2, -0.15) is 0 Å². The lowest BCUT2D eigenvalue weighted by Crippen LogP contribution is -2.15. The van der Waals surface area contributed by atoms with E-state index in [1.807, 2.05) is 76.2 Å². The number of benzene rings is 2. The molecule has 144 valence electrons. The third-order valence-corrected chi connectivity index (χ3v) is 3.85. The van der Waals surface area contributed by atoms with Gasteiger partial charge >= 0.3 is 0 Å². The summed E-state index contributed by atoms with van der Waals surface area (Å²) in [5.41, 5.74) is 3.62. The predicted octanol–water partition coefficient (Wildman–Crippen LogP) is 4.88. The Balaban J connectivity index is 1.74. The average Bonchev–Trinajstić information content (AvgIpc) is 2.62. The molecule has 0 unspecified atom stereocenters. The maximum absolute atomic E-state index is 12.6. The van der Waals surface area contributed by atoms with Gasteiger partial charge in [0.05, 0.1) is 6.10 Å². The van der Waals surface area contributed by atoms with Crippen LogP contribution < -0.4 is 15.4 Å². The molecule has 0 aliphatic carbocycles. The standard InChI is InChI=1S/C22H24N4O2/c1-14(2)28-19-10-8-17(9-11-19)25-22-23-16(4)13-20(26-22)21(27)24-18-7-5-6-15(3)12-18/h5-14H,1-4H3,(H,24,27)(H,23,25,26). The monoisotopic (exact) mass is 376 g/mol. The van der Waals surface area contributed by atoms with Crippen LogP contribution in [0.2, 0.25) is 0 Å². The van der Waals surface area contributed by atoms with Crippen molar-refractivity contribution in [3.05, 3.63) is 71.5 Å². The van der Waals surface area contributed by atoms with E-state index in [0.717, 1.165) is 22.7 Å². The van der Waals surface area contributed by atoms with E-state index in [1.54, 1.807) is 6.07 Å². The smallest absolute Gasteiger partial charge is 0.274 e. The second-order valence-corrected chi connectivity index (χ2v) is 6.86. The van der Waals surface area contributed by atoms with E-state index in [0.29, 0.717) is 17.3 Å². The SMILES string of the molecule is Cc1cccc(NC(=O)c2cc(C)nc(Nc3ccc(OC(C)C)cc3)n2)c1. The fourth-order valence-corrected chi connectivity index (χ4v) is 2.68. The molecule has 0 spiro atoms. The van der Waals surface area contributed by atoms with E-state index in [4.69, 9.17) is 4.74 Å². The first-order valence-corrected chi connectivity index (χ1v) is 9.16. The molecule has 3 rings (SSSR count). The van der Waals surface area contributed by atoms with Gasteiger partial charge in [0.15, 0.2) is 0 Å². The quantitative estimate of drug-likeness (QED) is 0.641. The van der Waals surface area contributed by atoms with Crippen LogP contribution in [0.3, 0.4) is 0 Å². The zero-order valence-corrected chi connectivity index (χ0v) is 16.5. The molecule has 3 aromatic rings. The third-order valence-electron chi connectivity index (χ3n) is 3.85. The summed E-state index contributed by atoms with van der Waals surface area (Å²) >= 11 is 0. The number of aromatic nitrogens is 2. The minimum atomic E-state index is -0.278. The highest BCUT2D eigenvalue weighted by Gasteiger charge is 2.11. The van der Waals surface area contributed by atoms with Crippen molar-refractivity contribution in [1.29, 1.82) is 0 Å². The van der Waals surface area contributed by atoms with Gasteiger partial charge in [0.1, 0.15) is 11.4 Å². The van der Waals surface area contributed by atoms with Crippen molar-refractivity contribution in [1.82, 2.24) is 9.97 Å². The Morgan fingerprint density at radius 1 is 0.964 bits per heavy atom. The Morgan fingerprint density at radius 2 is 1.71 bits per heavy atom. The summed E-state index contributed by atoms with van der Waals surface area (Å²) in [4.78, 5) is 21.3. The van der Waals surface area contributed by atoms with Gasteiger partial charge in [-0.1, -0.05) is 12.1 Å². The van der Waals surface area contributed by atoms with Crippen LogP contribution >= 0.6 is 0 Å². The normalized spacial score (nSPS) is 10.6. The lowest BCUT2D eigenvalue weighted by molar-refractivity contribution is 0.102. The van der Waals surface area contributed by atoms with Gasteiger partial charge in [0, 0.05) is 17.1 Å². The number of carbonyl (C=O) groups excluding carboxylic acids is 1. The second kappa shape index (κ2) is 8.52. The van der Waals surface area contributed by atoms with Gasteiger partial charge in [-0.15, -0.1) is 0 Å². The fraction of sp³-hybridized carbons (Fsp3) is 0.227. The first kappa shape index (κ1) is 19.4. The summed E-state index contributed by atoms with van der Waals surface area (Å²) in [7, 11) is 0. The van der Waals surface area contributed by atoms with Crippen molar-refractivity contribution < 1.29 is 9.53 Å². The van der Waals surface area contributed by atoms with Gasteiger partial charge in [-0.25, -0.2) is 9.97 Å². The average molecular weight is 376 g/mol. The van der Waals surface area contributed by atoms with Crippen LogP contribution in [0.1, 0.15) is 35.6 Å². The zero-order valence-electron chi connectivity index (χ0n) is 16.5. The fourth-order valence-electron chi connectivity index (χ4n) is 2.68. The third kappa shape index (κ3) is 5.30. The van der Waals surface area contributed by atoms with E-state index in [9.17, 15) is 4.79 Å². The minimum absolute atomic E-state index is 0.119. The van der Waals surface area contributed by atoms with Crippen LogP contribution in [0.15, 0.2) is 54.6 Å². The Labute approximate surface area is 165 Å². The molecule has 1 heterocycles. The first-order chi connectivity index (χ1) is 13.4. The largest absolute Gasteiger partial charge is 0.491 e. The zero-order chi connectivity index (χ0) is 20.1. The molecule has 2 aromatic carbocycles. The van der Waals surface area contributed by atoms with E-state index in [-0.39, 0.29) is 12.0 Å². The van der Waals surface area contributed by atoms with Crippen molar-refractivity contribution in [3.63, 3.8) is 0 Å². The van der Waals surface area contributed by atoms with Crippen LogP contribution in [0.5, 0.6) is 5.75 Å². The van der Waals surface area contributed by atoms with Crippen molar-refractivity contribution in [2.75, 3.05) is 10.6 Å². The van der Waals surface area contributed by atoms with Crippen LogP contribution in [0.4, 0.5) is 17.3 Å². The Morgan fingerprint density at radius 3 is 2.39 bits per heavy atom. The van der Waals surface area contributed by atoms with Crippen LogP contribution in [0.25, 0.3) is 0 Å². The number of ether oxygens (including phenoxy) is 1. The van der Waals surface area contributed by atoms with Crippen molar-refractivity contribution in [2.24, 2.45) is 0 Å². The van der Waals surface area contributed by atoms with Gasteiger partial charge in [0.25, 0.3) is 5.91 Å². The summed E-state index contributed by atoms with van der Waals surface area (Å²) in [6.45, 7) is 7.77. The number of anilines is 3. The maximum Gasteiger partial charge on any atom is 0.274 e. The number of amides is 1. The molecule has 0 saturated heterocycles.